The van der Waals surface area contributed by atoms with Gasteiger partial charge in [0.15, 0.2) is 0 Å². The van der Waals surface area contributed by atoms with Gasteiger partial charge in [-0.2, -0.15) is 0 Å². The molecule has 0 aliphatic heterocycles. The molecule has 0 aromatic carbocycles. The molecule has 5 heteroatoms. The third-order valence-electron chi connectivity index (χ3n) is 1.59. The van der Waals surface area contributed by atoms with Crippen molar-refractivity contribution in [1.29, 1.82) is 0 Å². The summed E-state index contributed by atoms with van der Waals surface area (Å²) < 4.78 is 2.92. The van der Waals surface area contributed by atoms with E-state index in [9.17, 15) is 0 Å². The van der Waals surface area contributed by atoms with Crippen LogP contribution in [0.5, 0.6) is 0 Å². The van der Waals surface area contributed by atoms with Crippen LogP contribution in [-0.2, 0) is 0 Å². The highest BCUT2D eigenvalue weighted by atomic mass is 35.5. The molecular weight excluding hydrogens is 242 g/mol. The van der Waals surface area contributed by atoms with Gasteiger partial charge in [0.2, 0.25) is 5.29 Å². The van der Waals surface area contributed by atoms with Gasteiger partial charge >= 0.3 is 0 Å². The fourth-order valence-corrected chi connectivity index (χ4v) is 1.59. The van der Waals surface area contributed by atoms with Gasteiger partial charge in [0.1, 0.15) is 0 Å². The minimum atomic E-state index is 0.368. The second-order valence-corrected chi connectivity index (χ2v) is 4.41. The molecule has 0 aromatic rings. The van der Waals surface area contributed by atoms with Crippen LogP contribution in [-0.4, -0.2) is 24.3 Å². The van der Waals surface area contributed by atoms with Crippen LogP contribution in [0.3, 0.4) is 0 Å². The first-order valence-electron chi connectivity index (χ1n) is 4.93. The summed E-state index contributed by atoms with van der Waals surface area (Å²) in [6.45, 7) is 7.65. The van der Waals surface area contributed by atoms with E-state index in [0.29, 0.717) is 11.2 Å². The lowest BCUT2D eigenvalue weighted by atomic mass is 10.2. The number of halogens is 1. The summed E-state index contributed by atoms with van der Waals surface area (Å²) in [4.78, 5) is 8.07. The molecule has 3 nitrogen and oxygen atoms in total. The van der Waals surface area contributed by atoms with Crippen LogP contribution in [0.2, 0.25) is 0 Å². The summed E-state index contributed by atoms with van der Waals surface area (Å²) in [5, 5.41) is 0.414. The first-order valence-corrected chi connectivity index (χ1v) is 6.30. The molecule has 0 fully saturated rings. The van der Waals surface area contributed by atoms with E-state index in [1.807, 2.05) is 19.2 Å². The zero-order valence-corrected chi connectivity index (χ0v) is 11.5. The number of hydrogen-bond donors (Lipinski definition) is 1. The van der Waals surface area contributed by atoms with Crippen molar-refractivity contribution in [1.82, 2.24) is 4.72 Å². The lowest BCUT2D eigenvalue weighted by molar-refractivity contribution is 0.918. The topological polar surface area (TPSA) is 36.8 Å². The molecule has 0 saturated carbocycles. The van der Waals surface area contributed by atoms with Gasteiger partial charge in [-0.15, -0.1) is 0 Å². The smallest absolute Gasteiger partial charge is 0.201 e. The Kier molecular flexibility index (Phi) is 9.04. The van der Waals surface area contributed by atoms with Crippen molar-refractivity contribution >= 4 is 35.1 Å². The van der Waals surface area contributed by atoms with Gasteiger partial charge in [-0.3, -0.25) is 9.98 Å². The van der Waals surface area contributed by atoms with Crippen molar-refractivity contribution in [2.45, 2.75) is 13.8 Å². The zero-order chi connectivity index (χ0) is 12.4. The van der Waals surface area contributed by atoms with Gasteiger partial charge in [-0.05, 0) is 24.6 Å². The van der Waals surface area contributed by atoms with Crippen LogP contribution in [0.1, 0.15) is 13.8 Å². The summed E-state index contributed by atoms with van der Waals surface area (Å²) in [6, 6.07) is 0. The number of nitrogens with one attached hydrogen (secondary N) is 1. The van der Waals surface area contributed by atoms with Crippen LogP contribution >= 0.6 is 23.5 Å². The Morgan fingerprint density at radius 2 is 2.31 bits per heavy atom. The van der Waals surface area contributed by atoms with E-state index in [2.05, 4.69) is 28.2 Å². The number of amidine groups is 1. The largest absolute Gasteiger partial charge is 0.305 e. The second-order valence-electron chi connectivity index (χ2n) is 3.23. The van der Waals surface area contributed by atoms with E-state index in [0.717, 1.165) is 11.4 Å². The Morgan fingerprint density at radius 1 is 1.62 bits per heavy atom. The van der Waals surface area contributed by atoms with E-state index >= 15 is 0 Å². The average molecular weight is 260 g/mol. The third kappa shape index (κ3) is 8.56. The Bertz CT molecular complexity index is 298. The highest BCUT2D eigenvalue weighted by Gasteiger charge is 1.99. The first kappa shape index (κ1) is 15.3. The first-order chi connectivity index (χ1) is 7.60. The van der Waals surface area contributed by atoms with E-state index in [1.165, 1.54) is 11.9 Å². The van der Waals surface area contributed by atoms with Crippen molar-refractivity contribution in [2.75, 3.05) is 12.8 Å². The molecule has 0 aliphatic rings. The molecule has 16 heavy (non-hydrogen) atoms. The van der Waals surface area contributed by atoms with E-state index in [-0.39, 0.29) is 0 Å². The summed E-state index contributed by atoms with van der Waals surface area (Å²) in [5.41, 5.74) is 0.952. The fraction of sp³-hybridized carbons (Fsp3) is 0.455. The summed E-state index contributed by atoms with van der Waals surface area (Å²) >= 11 is 7.20. The van der Waals surface area contributed by atoms with Gasteiger partial charge in [-0.25, -0.2) is 0 Å². The van der Waals surface area contributed by atoms with Crippen LogP contribution in [0.15, 0.2) is 34.4 Å². The van der Waals surface area contributed by atoms with Gasteiger partial charge in [-0.1, -0.05) is 31.5 Å². The molecule has 0 radical (unpaired) electrons. The van der Waals surface area contributed by atoms with Crippen molar-refractivity contribution in [3.8, 4) is 0 Å². The molecule has 0 spiro atoms. The molecule has 0 rings (SSSR count). The average Bonchev–Trinajstić information content (AvgIpc) is 2.26. The van der Waals surface area contributed by atoms with E-state index in [4.69, 9.17) is 11.6 Å². The van der Waals surface area contributed by atoms with Gasteiger partial charge < -0.3 is 4.72 Å². The highest BCUT2D eigenvalue weighted by Crippen LogP contribution is 2.05. The molecule has 1 atom stereocenters. The van der Waals surface area contributed by atoms with Crippen molar-refractivity contribution in [2.24, 2.45) is 15.9 Å². The minimum Gasteiger partial charge on any atom is -0.305 e. The quantitative estimate of drug-likeness (QED) is 0.261. The van der Waals surface area contributed by atoms with Crippen molar-refractivity contribution < 1.29 is 0 Å². The maximum Gasteiger partial charge on any atom is 0.201 e. The van der Waals surface area contributed by atoms with Crippen molar-refractivity contribution in [3.05, 3.63) is 24.4 Å². The molecule has 0 aromatic heterocycles. The van der Waals surface area contributed by atoms with E-state index in [1.54, 1.807) is 13.1 Å². The maximum absolute atomic E-state index is 5.68. The van der Waals surface area contributed by atoms with E-state index < -0.39 is 0 Å². The second kappa shape index (κ2) is 9.48. The Labute approximate surface area is 107 Å². The zero-order valence-electron chi connectivity index (χ0n) is 9.90. The maximum atomic E-state index is 5.68. The Hall–Kier alpha value is -0.740. The standard InChI is InChI=1S/C11H18ClN3S/c1-5-6-10(3)14-7-9(2)8-16-15-11(12)13-4/h5-7,9H,1,8H2,2-4H3,(H,13,15)/b10-6+,14-7?. The molecule has 0 amide bonds. The SMILES string of the molecule is C=C/C=C(\C)N=CC(C)CSNC(Cl)=NC. The monoisotopic (exact) mass is 259 g/mol. The lowest BCUT2D eigenvalue weighted by Crippen LogP contribution is -2.12. The number of aliphatic imine (C=N–C) groups is 2. The molecule has 0 aliphatic carbocycles. The number of rotatable bonds is 6. The van der Waals surface area contributed by atoms with Crippen LogP contribution in [0.4, 0.5) is 0 Å². The Balaban J connectivity index is 3.86. The molecular formula is C11H18ClN3S. The summed E-state index contributed by atoms with van der Waals surface area (Å²) in [5.74, 6) is 1.25. The summed E-state index contributed by atoms with van der Waals surface area (Å²) in [7, 11) is 1.64. The van der Waals surface area contributed by atoms with Crippen LogP contribution < -0.4 is 4.72 Å². The molecule has 0 saturated heterocycles. The fourth-order valence-electron chi connectivity index (χ4n) is 0.780. The number of hydrogen-bond acceptors (Lipinski definition) is 3. The predicted molar refractivity (Wildman–Crippen MR) is 76.4 cm³/mol. The number of allylic oxidation sites excluding steroid dienone is 3. The lowest BCUT2D eigenvalue weighted by Gasteiger charge is -2.05. The highest BCUT2D eigenvalue weighted by molar-refractivity contribution is 7.98. The van der Waals surface area contributed by atoms with Gasteiger partial charge in [0.25, 0.3) is 0 Å². The Morgan fingerprint density at radius 3 is 2.88 bits per heavy atom. The summed E-state index contributed by atoms with van der Waals surface area (Å²) in [6.07, 6.45) is 5.52. The van der Waals surface area contributed by atoms with Gasteiger partial charge in [0.05, 0.1) is 0 Å². The third-order valence-corrected chi connectivity index (χ3v) is 3.00. The normalized spacial score (nSPS) is 15.2. The number of nitrogens with zero attached hydrogens (tertiary/aromatic N) is 2. The van der Waals surface area contributed by atoms with Gasteiger partial charge in [0, 0.05) is 30.6 Å². The molecule has 1 unspecified atom stereocenters. The van der Waals surface area contributed by atoms with Crippen LogP contribution in [0, 0.1) is 5.92 Å². The van der Waals surface area contributed by atoms with Crippen LogP contribution in [0.25, 0.3) is 0 Å². The molecule has 90 valence electrons. The molecule has 1 N–H and O–H groups in total. The van der Waals surface area contributed by atoms with Crippen molar-refractivity contribution in [3.63, 3.8) is 0 Å². The minimum absolute atomic E-state index is 0.368. The molecule has 0 bridgehead atoms. The predicted octanol–water partition coefficient (Wildman–Crippen LogP) is 3.25. The molecule has 0 heterocycles.